The van der Waals surface area contributed by atoms with Crippen LogP contribution in [0.2, 0.25) is 15.6 Å². The highest BCUT2D eigenvalue weighted by Gasteiger charge is 2.10. The van der Waals surface area contributed by atoms with Gasteiger partial charge in [-0.05, 0) is 30.7 Å². The van der Waals surface area contributed by atoms with E-state index in [-0.39, 0.29) is 21.2 Å². The van der Waals surface area contributed by atoms with E-state index in [2.05, 4.69) is 20.3 Å². The molecule has 5 nitrogen and oxygen atoms in total. The molecular formula is C11H7Cl3N4O. The highest BCUT2D eigenvalue weighted by Crippen LogP contribution is 2.16. The number of nitrogens with one attached hydrogen (secondary N) is 1. The highest BCUT2D eigenvalue weighted by molar-refractivity contribution is 6.33. The van der Waals surface area contributed by atoms with Gasteiger partial charge in [-0.1, -0.05) is 23.2 Å². The lowest BCUT2D eigenvalue weighted by atomic mass is 10.2. The summed E-state index contributed by atoms with van der Waals surface area (Å²) >= 11 is 17.2. The molecule has 98 valence electrons. The molecule has 2 heterocycles. The number of carbonyl (C=O) groups excluding carboxylic acids is 1. The minimum absolute atomic E-state index is 0.0566. The molecule has 0 aliphatic rings. The molecular weight excluding hydrogens is 311 g/mol. The summed E-state index contributed by atoms with van der Waals surface area (Å²) in [6.07, 6.45) is 0. The summed E-state index contributed by atoms with van der Waals surface area (Å²) in [6, 6.07) is 4.39. The van der Waals surface area contributed by atoms with Crippen LogP contribution in [0.4, 0.5) is 5.82 Å². The summed E-state index contributed by atoms with van der Waals surface area (Å²) in [5, 5.41) is 2.90. The molecule has 0 aromatic carbocycles. The average molecular weight is 318 g/mol. The molecule has 2 aromatic heterocycles. The van der Waals surface area contributed by atoms with Crippen molar-refractivity contribution < 1.29 is 4.79 Å². The molecule has 19 heavy (non-hydrogen) atoms. The Bertz CT molecular complexity index is 607. The fourth-order valence-corrected chi connectivity index (χ4v) is 2.07. The van der Waals surface area contributed by atoms with Gasteiger partial charge in [-0.15, -0.1) is 0 Å². The first kappa shape index (κ1) is 14.0. The molecule has 1 N–H and O–H groups in total. The van der Waals surface area contributed by atoms with E-state index in [0.29, 0.717) is 11.5 Å². The summed E-state index contributed by atoms with van der Waals surface area (Å²) < 4.78 is 0. The quantitative estimate of drug-likeness (QED) is 0.681. The molecule has 0 aliphatic heterocycles. The van der Waals surface area contributed by atoms with Crippen LogP contribution in [0, 0.1) is 6.92 Å². The molecule has 0 bridgehead atoms. The van der Waals surface area contributed by atoms with Crippen LogP contribution < -0.4 is 5.32 Å². The van der Waals surface area contributed by atoms with E-state index in [1.165, 1.54) is 12.1 Å². The first-order valence-electron chi connectivity index (χ1n) is 5.09. The number of aryl methyl sites for hydroxylation is 1. The SMILES string of the molecule is Cc1cc(NC(=O)c2cc(Cl)nc(Cl)c2)nc(Cl)n1. The Labute approximate surface area is 123 Å². The zero-order valence-corrected chi connectivity index (χ0v) is 11.9. The highest BCUT2D eigenvalue weighted by atomic mass is 35.5. The second kappa shape index (κ2) is 5.69. The molecule has 0 atom stereocenters. The molecule has 0 saturated heterocycles. The van der Waals surface area contributed by atoms with E-state index in [1.807, 2.05) is 0 Å². The summed E-state index contributed by atoms with van der Waals surface area (Å²) in [4.78, 5) is 23.5. The van der Waals surface area contributed by atoms with Crippen molar-refractivity contribution in [1.29, 1.82) is 0 Å². The Balaban J connectivity index is 2.25. The predicted molar refractivity (Wildman–Crippen MR) is 74.0 cm³/mol. The van der Waals surface area contributed by atoms with Gasteiger partial charge in [-0.2, -0.15) is 0 Å². The van der Waals surface area contributed by atoms with Crippen molar-refractivity contribution in [3.8, 4) is 0 Å². The number of aromatic nitrogens is 3. The van der Waals surface area contributed by atoms with E-state index in [9.17, 15) is 4.79 Å². The van der Waals surface area contributed by atoms with E-state index in [4.69, 9.17) is 34.8 Å². The Kier molecular flexibility index (Phi) is 4.19. The van der Waals surface area contributed by atoms with Crippen LogP contribution in [0.1, 0.15) is 16.1 Å². The Hall–Kier alpha value is -1.43. The van der Waals surface area contributed by atoms with Crippen LogP contribution in [-0.4, -0.2) is 20.9 Å². The fraction of sp³-hybridized carbons (Fsp3) is 0.0909. The van der Waals surface area contributed by atoms with Crippen LogP contribution in [0.3, 0.4) is 0 Å². The third kappa shape index (κ3) is 3.76. The third-order valence-electron chi connectivity index (χ3n) is 2.09. The molecule has 8 heteroatoms. The van der Waals surface area contributed by atoms with Gasteiger partial charge >= 0.3 is 0 Å². The summed E-state index contributed by atoms with van der Waals surface area (Å²) in [7, 11) is 0. The maximum atomic E-state index is 12.0. The van der Waals surface area contributed by atoms with Crippen LogP contribution in [-0.2, 0) is 0 Å². The predicted octanol–water partition coefficient (Wildman–Crippen LogP) is 3.39. The second-order valence-electron chi connectivity index (χ2n) is 3.62. The van der Waals surface area contributed by atoms with E-state index < -0.39 is 5.91 Å². The number of amides is 1. The van der Waals surface area contributed by atoms with Gasteiger partial charge in [0, 0.05) is 17.3 Å². The van der Waals surface area contributed by atoms with Gasteiger partial charge in [0.2, 0.25) is 5.28 Å². The summed E-state index contributed by atoms with van der Waals surface area (Å²) in [5.41, 5.74) is 0.915. The maximum absolute atomic E-state index is 12.0. The molecule has 0 unspecified atom stereocenters. The van der Waals surface area contributed by atoms with Crippen molar-refractivity contribution in [2.45, 2.75) is 6.92 Å². The second-order valence-corrected chi connectivity index (χ2v) is 4.73. The standard InChI is InChI=1S/C11H7Cl3N4O/c1-5-2-9(18-11(14)15-5)17-10(19)6-3-7(12)16-8(13)4-6/h2-4H,1H3,(H,15,17,18,19). The van der Waals surface area contributed by atoms with Crippen molar-refractivity contribution in [3.63, 3.8) is 0 Å². The Morgan fingerprint density at radius 3 is 2.26 bits per heavy atom. The molecule has 0 spiro atoms. The number of nitrogens with zero attached hydrogens (tertiary/aromatic N) is 3. The van der Waals surface area contributed by atoms with Crippen LogP contribution >= 0.6 is 34.8 Å². The Morgan fingerprint density at radius 1 is 1.05 bits per heavy atom. The zero-order chi connectivity index (χ0) is 14.0. The van der Waals surface area contributed by atoms with Gasteiger partial charge < -0.3 is 5.32 Å². The monoisotopic (exact) mass is 316 g/mol. The van der Waals surface area contributed by atoms with Gasteiger partial charge in [-0.25, -0.2) is 15.0 Å². The number of hydrogen-bond donors (Lipinski definition) is 1. The van der Waals surface area contributed by atoms with Gasteiger partial charge in [-0.3, -0.25) is 4.79 Å². The normalized spacial score (nSPS) is 10.3. The summed E-state index contributed by atoms with van der Waals surface area (Å²) in [5.74, 6) is -0.119. The molecule has 1 amide bonds. The number of hydrogen-bond acceptors (Lipinski definition) is 4. The number of carbonyl (C=O) groups is 1. The Morgan fingerprint density at radius 2 is 1.68 bits per heavy atom. The lowest BCUT2D eigenvalue weighted by molar-refractivity contribution is 0.102. The minimum Gasteiger partial charge on any atom is -0.306 e. The zero-order valence-electron chi connectivity index (χ0n) is 9.62. The van der Waals surface area contributed by atoms with Crippen LogP contribution in [0.5, 0.6) is 0 Å². The van der Waals surface area contributed by atoms with E-state index in [1.54, 1.807) is 13.0 Å². The van der Waals surface area contributed by atoms with Crippen molar-refractivity contribution >= 4 is 46.5 Å². The van der Waals surface area contributed by atoms with E-state index >= 15 is 0 Å². The van der Waals surface area contributed by atoms with Gasteiger partial charge in [0.25, 0.3) is 5.91 Å². The topological polar surface area (TPSA) is 67.8 Å². The van der Waals surface area contributed by atoms with Crippen molar-refractivity contribution in [3.05, 3.63) is 45.0 Å². The van der Waals surface area contributed by atoms with Gasteiger partial charge in [0.05, 0.1) is 0 Å². The van der Waals surface area contributed by atoms with Crippen molar-refractivity contribution in [2.75, 3.05) is 5.32 Å². The molecule has 0 aliphatic carbocycles. The summed E-state index contributed by atoms with van der Waals surface area (Å²) in [6.45, 7) is 1.74. The van der Waals surface area contributed by atoms with Gasteiger partial charge in [0.15, 0.2) is 0 Å². The van der Waals surface area contributed by atoms with Crippen molar-refractivity contribution in [1.82, 2.24) is 15.0 Å². The number of anilines is 1. The largest absolute Gasteiger partial charge is 0.306 e. The lowest BCUT2D eigenvalue weighted by Gasteiger charge is -2.06. The lowest BCUT2D eigenvalue weighted by Crippen LogP contribution is -2.13. The van der Waals surface area contributed by atoms with Crippen molar-refractivity contribution in [2.24, 2.45) is 0 Å². The molecule has 0 saturated carbocycles. The number of rotatable bonds is 2. The minimum atomic E-state index is -0.416. The molecule has 2 aromatic rings. The first-order valence-corrected chi connectivity index (χ1v) is 6.23. The van der Waals surface area contributed by atoms with Gasteiger partial charge in [0.1, 0.15) is 16.1 Å². The number of halogens is 3. The molecule has 2 rings (SSSR count). The average Bonchev–Trinajstić information content (AvgIpc) is 2.25. The first-order chi connectivity index (χ1) is 8.94. The smallest absolute Gasteiger partial charge is 0.257 e. The molecule has 0 radical (unpaired) electrons. The van der Waals surface area contributed by atoms with E-state index in [0.717, 1.165) is 0 Å². The third-order valence-corrected chi connectivity index (χ3v) is 2.65. The van der Waals surface area contributed by atoms with Crippen LogP contribution in [0.25, 0.3) is 0 Å². The maximum Gasteiger partial charge on any atom is 0.257 e. The fourth-order valence-electron chi connectivity index (χ4n) is 1.38. The molecule has 0 fully saturated rings. The van der Waals surface area contributed by atoms with Crippen LogP contribution in [0.15, 0.2) is 18.2 Å². The number of pyridine rings is 1.